The Bertz CT molecular complexity index is 1120. The molecule has 170 valence electrons. The van der Waals surface area contributed by atoms with Crippen molar-refractivity contribution in [3.63, 3.8) is 0 Å². The SMILES string of the molecule is CCN(CC)S(=O)(=O)c1ccc2c(c1)CCCN2C(=O)c1ccc(N2CCCC2=O)cc1. The van der Waals surface area contributed by atoms with Gasteiger partial charge in [-0.2, -0.15) is 4.31 Å². The summed E-state index contributed by atoms with van der Waals surface area (Å²) in [5.41, 5.74) is 3.00. The molecule has 0 aromatic heterocycles. The van der Waals surface area contributed by atoms with Crippen molar-refractivity contribution < 1.29 is 18.0 Å². The van der Waals surface area contributed by atoms with Crippen molar-refractivity contribution in [1.29, 1.82) is 0 Å². The fourth-order valence-corrected chi connectivity index (χ4v) is 6.03. The first kappa shape index (κ1) is 22.5. The molecule has 0 radical (unpaired) electrons. The minimum atomic E-state index is -3.54. The van der Waals surface area contributed by atoms with Gasteiger partial charge in [-0.05, 0) is 67.3 Å². The van der Waals surface area contributed by atoms with Gasteiger partial charge in [-0.25, -0.2) is 8.42 Å². The van der Waals surface area contributed by atoms with Crippen LogP contribution in [0.1, 0.15) is 49.0 Å². The number of hydrogen-bond donors (Lipinski definition) is 0. The third-order valence-electron chi connectivity index (χ3n) is 6.26. The lowest BCUT2D eigenvalue weighted by Gasteiger charge is -2.30. The van der Waals surface area contributed by atoms with Gasteiger partial charge in [-0.15, -0.1) is 0 Å². The fraction of sp³-hybridized carbons (Fsp3) is 0.417. The predicted molar refractivity (Wildman–Crippen MR) is 125 cm³/mol. The minimum Gasteiger partial charge on any atom is -0.312 e. The Labute approximate surface area is 189 Å². The summed E-state index contributed by atoms with van der Waals surface area (Å²) in [6.45, 7) is 5.78. The lowest BCUT2D eigenvalue weighted by Crippen LogP contribution is -2.36. The standard InChI is InChI=1S/C24H29N3O4S/c1-3-25(4-2)32(30,31)21-13-14-22-19(17-21)7-5-16-27(22)24(29)18-9-11-20(12-10-18)26-15-6-8-23(26)28/h9-14,17H,3-8,15-16H2,1-2H3. The highest BCUT2D eigenvalue weighted by Gasteiger charge is 2.28. The van der Waals surface area contributed by atoms with E-state index >= 15 is 0 Å². The Morgan fingerprint density at radius 3 is 2.28 bits per heavy atom. The number of rotatable bonds is 6. The van der Waals surface area contributed by atoms with E-state index in [0.29, 0.717) is 38.2 Å². The number of amides is 2. The first-order valence-corrected chi connectivity index (χ1v) is 12.7. The molecule has 0 N–H and O–H groups in total. The van der Waals surface area contributed by atoms with Crippen LogP contribution in [0.2, 0.25) is 0 Å². The lowest BCUT2D eigenvalue weighted by molar-refractivity contribution is -0.117. The monoisotopic (exact) mass is 455 g/mol. The second kappa shape index (κ2) is 9.03. The molecular weight excluding hydrogens is 426 g/mol. The summed E-state index contributed by atoms with van der Waals surface area (Å²) in [6.07, 6.45) is 2.93. The molecule has 2 aromatic carbocycles. The summed E-state index contributed by atoms with van der Waals surface area (Å²) in [7, 11) is -3.54. The quantitative estimate of drug-likeness (QED) is 0.669. The molecule has 32 heavy (non-hydrogen) atoms. The molecule has 0 saturated carbocycles. The third-order valence-corrected chi connectivity index (χ3v) is 8.30. The van der Waals surface area contributed by atoms with E-state index in [0.717, 1.165) is 36.2 Å². The van der Waals surface area contributed by atoms with Gasteiger partial charge in [0, 0.05) is 49.5 Å². The van der Waals surface area contributed by atoms with Gasteiger partial charge in [0.05, 0.1) is 4.90 Å². The van der Waals surface area contributed by atoms with Crippen LogP contribution in [0.3, 0.4) is 0 Å². The molecule has 0 unspecified atom stereocenters. The van der Waals surface area contributed by atoms with E-state index in [-0.39, 0.29) is 16.7 Å². The number of anilines is 2. The molecule has 0 atom stereocenters. The molecule has 4 rings (SSSR count). The van der Waals surface area contributed by atoms with Crippen molar-refractivity contribution in [2.45, 2.75) is 44.4 Å². The molecule has 2 aliphatic heterocycles. The summed E-state index contributed by atoms with van der Waals surface area (Å²) in [6, 6.07) is 12.2. The van der Waals surface area contributed by atoms with Gasteiger partial charge in [-0.3, -0.25) is 9.59 Å². The van der Waals surface area contributed by atoms with Gasteiger partial charge in [-0.1, -0.05) is 13.8 Å². The fourth-order valence-electron chi connectivity index (χ4n) is 4.52. The molecule has 2 heterocycles. The Hall–Kier alpha value is -2.71. The van der Waals surface area contributed by atoms with Crippen molar-refractivity contribution in [2.75, 3.05) is 36.0 Å². The Kier molecular flexibility index (Phi) is 6.35. The van der Waals surface area contributed by atoms with E-state index in [1.165, 1.54) is 4.31 Å². The van der Waals surface area contributed by atoms with Crippen molar-refractivity contribution >= 4 is 33.2 Å². The number of nitrogens with zero attached hydrogens (tertiary/aromatic N) is 3. The average Bonchev–Trinajstić information content (AvgIpc) is 3.24. The third kappa shape index (κ3) is 4.04. The number of carbonyl (C=O) groups is 2. The van der Waals surface area contributed by atoms with E-state index in [4.69, 9.17) is 0 Å². The first-order valence-electron chi connectivity index (χ1n) is 11.2. The number of aryl methyl sites for hydroxylation is 1. The molecule has 0 bridgehead atoms. The van der Waals surface area contributed by atoms with Crippen LogP contribution in [-0.4, -0.2) is 50.7 Å². The smallest absolute Gasteiger partial charge is 0.258 e. The second-order valence-corrected chi connectivity index (χ2v) is 10.1. The summed E-state index contributed by atoms with van der Waals surface area (Å²) in [5.74, 6) is -0.00546. The van der Waals surface area contributed by atoms with Crippen LogP contribution in [-0.2, 0) is 21.2 Å². The first-order chi connectivity index (χ1) is 15.4. The van der Waals surface area contributed by atoms with Gasteiger partial charge in [0.15, 0.2) is 0 Å². The Morgan fingerprint density at radius 1 is 0.969 bits per heavy atom. The molecule has 8 heteroatoms. The maximum atomic E-state index is 13.3. The number of carbonyl (C=O) groups excluding carboxylic acids is 2. The molecule has 2 amide bonds. The molecule has 7 nitrogen and oxygen atoms in total. The normalized spacial score (nSPS) is 16.5. The zero-order valence-electron chi connectivity index (χ0n) is 18.6. The molecule has 2 aliphatic rings. The largest absolute Gasteiger partial charge is 0.312 e. The number of hydrogen-bond acceptors (Lipinski definition) is 4. The maximum Gasteiger partial charge on any atom is 0.258 e. The molecule has 0 aliphatic carbocycles. The van der Waals surface area contributed by atoms with Crippen molar-refractivity contribution in [3.05, 3.63) is 53.6 Å². The van der Waals surface area contributed by atoms with Gasteiger partial charge in [0.1, 0.15) is 0 Å². The molecule has 0 spiro atoms. The molecule has 1 fully saturated rings. The lowest BCUT2D eigenvalue weighted by atomic mass is 10.0. The summed E-state index contributed by atoms with van der Waals surface area (Å²) >= 11 is 0. The van der Waals surface area contributed by atoms with Gasteiger partial charge in [0.25, 0.3) is 5.91 Å². The zero-order valence-corrected chi connectivity index (χ0v) is 19.4. The van der Waals surface area contributed by atoms with Crippen LogP contribution < -0.4 is 9.80 Å². The van der Waals surface area contributed by atoms with Gasteiger partial charge in [0.2, 0.25) is 15.9 Å². The van der Waals surface area contributed by atoms with Crippen LogP contribution in [0.4, 0.5) is 11.4 Å². The summed E-state index contributed by atoms with van der Waals surface area (Å²) in [4.78, 5) is 29.0. The van der Waals surface area contributed by atoms with Crippen molar-refractivity contribution in [1.82, 2.24) is 4.31 Å². The summed E-state index contributed by atoms with van der Waals surface area (Å²) < 4.78 is 27.2. The van der Waals surface area contributed by atoms with Crippen LogP contribution in [0, 0.1) is 0 Å². The van der Waals surface area contributed by atoms with Crippen molar-refractivity contribution in [3.8, 4) is 0 Å². The Balaban J connectivity index is 1.59. The Morgan fingerprint density at radius 2 is 1.66 bits per heavy atom. The van der Waals surface area contributed by atoms with E-state index in [1.54, 1.807) is 40.1 Å². The van der Waals surface area contributed by atoms with E-state index in [1.807, 2.05) is 26.0 Å². The number of benzene rings is 2. The van der Waals surface area contributed by atoms with Crippen molar-refractivity contribution in [2.24, 2.45) is 0 Å². The molecule has 1 saturated heterocycles. The predicted octanol–water partition coefficient (Wildman–Crippen LogP) is 3.44. The van der Waals surface area contributed by atoms with E-state index in [9.17, 15) is 18.0 Å². The zero-order chi connectivity index (χ0) is 22.9. The average molecular weight is 456 g/mol. The van der Waals surface area contributed by atoms with E-state index in [2.05, 4.69) is 0 Å². The van der Waals surface area contributed by atoms with Gasteiger partial charge < -0.3 is 9.80 Å². The van der Waals surface area contributed by atoms with Gasteiger partial charge >= 0.3 is 0 Å². The van der Waals surface area contributed by atoms with Crippen LogP contribution in [0.5, 0.6) is 0 Å². The minimum absolute atomic E-state index is 0.115. The topological polar surface area (TPSA) is 78.0 Å². The molecular formula is C24H29N3O4S. The van der Waals surface area contributed by atoms with Crippen LogP contribution in [0.15, 0.2) is 47.4 Å². The van der Waals surface area contributed by atoms with Crippen LogP contribution >= 0.6 is 0 Å². The van der Waals surface area contributed by atoms with Crippen LogP contribution in [0.25, 0.3) is 0 Å². The summed E-state index contributed by atoms with van der Waals surface area (Å²) in [5, 5.41) is 0. The highest BCUT2D eigenvalue weighted by Crippen LogP contribution is 2.32. The second-order valence-electron chi connectivity index (χ2n) is 8.14. The number of sulfonamides is 1. The highest BCUT2D eigenvalue weighted by molar-refractivity contribution is 7.89. The maximum absolute atomic E-state index is 13.3. The highest BCUT2D eigenvalue weighted by atomic mass is 32.2. The van der Waals surface area contributed by atoms with E-state index < -0.39 is 10.0 Å². The number of fused-ring (bicyclic) bond motifs is 1. The molecule has 2 aromatic rings.